The molecule has 2 atom stereocenters. The van der Waals surface area contributed by atoms with Crippen LogP contribution in [0.3, 0.4) is 0 Å². The average Bonchev–Trinajstić information content (AvgIpc) is 3.35. The third-order valence-electron chi connectivity index (χ3n) is 8.56. The number of nitrogens with one attached hydrogen (secondary N) is 1. The maximum atomic E-state index is 16.7. The first kappa shape index (κ1) is 26.8. The van der Waals surface area contributed by atoms with Crippen molar-refractivity contribution in [1.82, 2.24) is 25.2 Å². The number of piperazine rings is 1. The van der Waals surface area contributed by atoms with Crippen LogP contribution in [0.25, 0.3) is 32.9 Å². The van der Waals surface area contributed by atoms with Crippen molar-refractivity contribution < 1.29 is 19.0 Å². The van der Waals surface area contributed by atoms with Gasteiger partial charge in [0, 0.05) is 61.3 Å². The van der Waals surface area contributed by atoms with Gasteiger partial charge in [-0.1, -0.05) is 18.1 Å². The van der Waals surface area contributed by atoms with E-state index in [9.17, 15) is 5.11 Å². The van der Waals surface area contributed by atoms with Crippen molar-refractivity contribution in [3.63, 3.8) is 0 Å². The molecular formula is C32H33FN6O3. The zero-order valence-corrected chi connectivity index (χ0v) is 23.6. The normalized spacial score (nSPS) is 20.7. The van der Waals surface area contributed by atoms with E-state index in [1.807, 2.05) is 19.1 Å². The summed E-state index contributed by atoms with van der Waals surface area (Å²) in [4.78, 5) is 18.7. The number of halogens is 1. The van der Waals surface area contributed by atoms with Crippen LogP contribution < -0.4 is 15.0 Å². The second kappa shape index (κ2) is 11.0. The third-order valence-corrected chi connectivity index (χ3v) is 8.56. The third kappa shape index (κ3) is 4.87. The van der Waals surface area contributed by atoms with E-state index in [4.69, 9.17) is 25.9 Å². The molecule has 0 radical (unpaired) electrons. The number of hydrogen-bond donors (Lipinski definition) is 2. The Balaban J connectivity index is 1.36. The Bertz CT molecular complexity index is 1710. The maximum Gasteiger partial charge on any atom is 0.319 e. The lowest BCUT2D eigenvalue weighted by atomic mass is 9.96. The Morgan fingerprint density at radius 3 is 2.67 bits per heavy atom. The highest BCUT2D eigenvalue weighted by Crippen LogP contribution is 2.40. The minimum absolute atomic E-state index is 0.00238. The van der Waals surface area contributed by atoms with Gasteiger partial charge in [-0.15, -0.1) is 6.42 Å². The number of pyridine rings is 1. The molecule has 2 N–H and O–H groups in total. The molecule has 3 aliphatic heterocycles. The van der Waals surface area contributed by atoms with E-state index in [1.165, 1.54) is 6.07 Å². The molecule has 0 saturated carbocycles. The molecular weight excluding hydrogens is 535 g/mol. The molecule has 2 aromatic heterocycles. The lowest BCUT2D eigenvalue weighted by Crippen LogP contribution is -2.51. The van der Waals surface area contributed by atoms with Crippen LogP contribution >= 0.6 is 0 Å². The molecule has 7 rings (SSSR count). The molecule has 2 bridgehead atoms. The van der Waals surface area contributed by atoms with Crippen LogP contribution in [0.5, 0.6) is 11.8 Å². The van der Waals surface area contributed by atoms with E-state index >= 15 is 4.39 Å². The average molecular weight is 569 g/mol. The first-order valence-electron chi connectivity index (χ1n) is 14.5. The summed E-state index contributed by atoms with van der Waals surface area (Å²) in [5.41, 5.74) is 1.82. The van der Waals surface area contributed by atoms with Crippen molar-refractivity contribution in [2.45, 2.75) is 31.8 Å². The van der Waals surface area contributed by atoms with Gasteiger partial charge in [-0.3, -0.25) is 4.90 Å². The number of benzene rings is 2. The van der Waals surface area contributed by atoms with E-state index in [0.29, 0.717) is 77.2 Å². The topological polar surface area (TPSA) is 95.9 Å². The summed E-state index contributed by atoms with van der Waals surface area (Å²) in [5, 5.41) is 16.1. The number of anilines is 1. The summed E-state index contributed by atoms with van der Waals surface area (Å²) in [6.07, 6.45) is 8.03. The Hall–Kier alpha value is -4.04. The number of morpholine rings is 1. The summed E-state index contributed by atoms with van der Waals surface area (Å²) < 4.78 is 28.3. The zero-order chi connectivity index (χ0) is 28.8. The second-order valence-electron chi connectivity index (χ2n) is 11.3. The molecule has 2 aromatic carbocycles. The van der Waals surface area contributed by atoms with Crippen LogP contribution in [0.4, 0.5) is 10.2 Å². The summed E-state index contributed by atoms with van der Waals surface area (Å²) >= 11 is 0. The fraction of sp³-hybridized carbons (Fsp3) is 0.406. The highest BCUT2D eigenvalue weighted by molar-refractivity contribution is 6.03. The van der Waals surface area contributed by atoms with Crippen LogP contribution in [0.2, 0.25) is 0 Å². The van der Waals surface area contributed by atoms with Crippen LogP contribution in [-0.4, -0.2) is 89.6 Å². The Morgan fingerprint density at radius 2 is 1.90 bits per heavy atom. The fourth-order valence-corrected chi connectivity index (χ4v) is 6.56. The first-order valence-corrected chi connectivity index (χ1v) is 14.5. The van der Waals surface area contributed by atoms with E-state index in [-0.39, 0.29) is 23.0 Å². The smallest absolute Gasteiger partial charge is 0.319 e. The van der Waals surface area contributed by atoms with Gasteiger partial charge in [-0.05, 0) is 43.4 Å². The molecule has 5 heterocycles. The van der Waals surface area contributed by atoms with Crippen molar-refractivity contribution in [2.75, 3.05) is 57.4 Å². The van der Waals surface area contributed by atoms with Crippen LogP contribution in [0.1, 0.15) is 24.1 Å². The number of aromatic hydroxyl groups is 1. The predicted molar refractivity (Wildman–Crippen MR) is 159 cm³/mol. The molecule has 42 heavy (non-hydrogen) atoms. The zero-order valence-electron chi connectivity index (χ0n) is 23.6. The number of aryl methyl sites for hydroxylation is 1. The number of phenolic OH excluding ortho intramolecular Hbond substituents is 1. The molecule has 0 aliphatic carbocycles. The highest BCUT2D eigenvalue weighted by atomic mass is 19.1. The van der Waals surface area contributed by atoms with Crippen LogP contribution in [-0.2, 0) is 4.74 Å². The number of phenols is 1. The molecule has 10 heteroatoms. The van der Waals surface area contributed by atoms with Gasteiger partial charge >= 0.3 is 6.01 Å². The molecule has 3 saturated heterocycles. The van der Waals surface area contributed by atoms with E-state index in [1.54, 1.807) is 12.1 Å². The van der Waals surface area contributed by atoms with Crippen molar-refractivity contribution in [3.8, 4) is 35.4 Å². The largest absolute Gasteiger partial charge is 0.508 e. The van der Waals surface area contributed by atoms with Gasteiger partial charge in [-0.2, -0.15) is 9.97 Å². The van der Waals surface area contributed by atoms with Crippen molar-refractivity contribution >= 4 is 27.5 Å². The SMILES string of the molecule is C#Cc1cccc2cc(O)cc(-c3nc(C)c4c(N5CC6CCC(C5)N6)nc(OCCN5CCOCC5)nc4c3F)c12. The van der Waals surface area contributed by atoms with Crippen LogP contribution in [0.15, 0.2) is 30.3 Å². The van der Waals surface area contributed by atoms with Crippen molar-refractivity contribution in [3.05, 3.63) is 47.4 Å². The van der Waals surface area contributed by atoms with Gasteiger partial charge in [0.15, 0.2) is 5.82 Å². The quantitative estimate of drug-likeness (QED) is 0.338. The molecule has 0 amide bonds. The molecule has 4 aromatic rings. The lowest BCUT2D eigenvalue weighted by Gasteiger charge is -2.34. The molecule has 0 spiro atoms. The number of rotatable bonds is 6. The standard InChI is InChI=1S/C32H33FN6O3/c1-3-20-5-4-6-21-15-24(40)16-25(27(20)21)29-28(33)30-26(19(2)34-29)31(39-17-22-7-8-23(18-39)35-22)37-32(36-30)42-14-11-38-9-12-41-13-10-38/h1,4-6,15-16,22-23,35,40H,7-14,17-18H2,2H3. The van der Waals surface area contributed by atoms with E-state index < -0.39 is 5.82 Å². The minimum Gasteiger partial charge on any atom is -0.508 e. The molecule has 216 valence electrons. The summed E-state index contributed by atoms with van der Waals surface area (Å²) in [7, 11) is 0. The Kier molecular flexibility index (Phi) is 7.02. The summed E-state index contributed by atoms with van der Waals surface area (Å²) in [5.74, 6) is 2.73. The monoisotopic (exact) mass is 568 g/mol. The summed E-state index contributed by atoms with van der Waals surface area (Å²) in [6.45, 7) is 7.54. The Morgan fingerprint density at radius 1 is 1.12 bits per heavy atom. The maximum absolute atomic E-state index is 16.7. The molecule has 3 aliphatic rings. The number of terminal acetylenes is 1. The number of hydrogen-bond acceptors (Lipinski definition) is 9. The molecule has 3 fully saturated rings. The van der Waals surface area contributed by atoms with Gasteiger partial charge in [0.25, 0.3) is 0 Å². The molecule has 2 unspecified atom stereocenters. The highest BCUT2D eigenvalue weighted by Gasteiger charge is 2.35. The van der Waals surface area contributed by atoms with Crippen LogP contribution in [0, 0.1) is 25.1 Å². The van der Waals surface area contributed by atoms with Gasteiger partial charge < -0.3 is 24.8 Å². The number of fused-ring (bicyclic) bond motifs is 4. The lowest BCUT2D eigenvalue weighted by molar-refractivity contribution is 0.0317. The first-order chi connectivity index (χ1) is 20.5. The van der Waals surface area contributed by atoms with Gasteiger partial charge in [0.05, 0.1) is 24.3 Å². The Labute approximate surface area is 243 Å². The number of nitrogens with zero attached hydrogens (tertiary/aromatic N) is 5. The summed E-state index contributed by atoms with van der Waals surface area (Å²) in [6, 6.07) is 9.43. The van der Waals surface area contributed by atoms with E-state index in [2.05, 4.69) is 26.0 Å². The fourth-order valence-electron chi connectivity index (χ4n) is 6.56. The predicted octanol–water partition coefficient (Wildman–Crippen LogP) is 3.63. The number of ether oxygens (including phenoxy) is 2. The second-order valence-corrected chi connectivity index (χ2v) is 11.3. The van der Waals surface area contributed by atoms with Gasteiger partial charge in [0.1, 0.15) is 29.4 Å². The van der Waals surface area contributed by atoms with Crippen molar-refractivity contribution in [1.29, 1.82) is 0 Å². The minimum atomic E-state index is -0.603. The number of aromatic nitrogens is 3. The molecule has 9 nitrogen and oxygen atoms in total. The van der Waals surface area contributed by atoms with Gasteiger partial charge in [-0.25, -0.2) is 9.37 Å². The van der Waals surface area contributed by atoms with Gasteiger partial charge in [0.2, 0.25) is 0 Å². The van der Waals surface area contributed by atoms with Crippen molar-refractivity contribution in [2.24, 2.45) is 0 Å². The van der Waals surface area contributed by atoms with E-state index in [0.717, 1.165) is 39.0 Å².